The van der Waals surface area contributed by atoms with Crippen molar-refractivity contribution in [2.75, 3.05) is 21.7 Å². The first-order valence-electron chi connectivity index (χ1n) is 10.3. The molecule has 0 bridgehead atoms. The van der Waals surface area contributed by atoms with Gasteiger partial charge in [0.2, 0.25) is 0 Å². The first-order chi connectivity index (χ1) is 16.3. The van der Waals surface area contributed by atoms with Crippen molar-refractivity contribution in [2.24, 2.45) is 0 Å². The molecule has 0 unspecified atom stereocenters. The summed E-state index contributed by atoms with van der Waals surface area (Å²) in [5.41, 5.74) is 1.60. The first-order valence-corrected chi connectivity index (χ1v) is 11.4. The lowest BCUT2D eigenvalue weighted by molar-refractivity contribution is -0.120. The number of carbonyl (C=O) groups excluding carboxylic acids is 3. The average molecular weight is 515 g/mol. The van der Waals surface area contributed by atoms with Crippen molar-refractivity contribution in [1.29, 1.82) is 0 Å². The average Bonchev–Trinajstić information content (AvgIpc) is 3.05. The van der Waals surface area contributed by atoms with Crippen LogP contribution in [-0.4, -0.2) is 24.3 Å². The van der Waals surface area contributed by atoms with Crippen molar-refractivity contribution in [3.05, 3.63) is 99.1 Å². The highest BCUT2D eigenvalue weighted by atomic mass is 35.5. The van der Waals surface area contributed by atoms with E-state index in [4.69, 9.17) is 34.8 Å². The van der Waals surface area contributed by atoms with E-state index in [1.54, 1.807) is 35.2 Å². The minimum absolute atomic E-state index is 0.122. The maximum atomic E-state index is 13.2. The smallest absolute Gasteiger partial charge is 0.283 e. The first kappa shape index (κ1) is 23.8. The molecule has 0 saturated heterocycles. The van der Waals surface area contributed by atoms with E-state index in [-0.39, 0.29) is 27.3 Å². The normalized spacial score (nSPS) is 13.5. The third-order valence-electron chi connectivity index (χ3n) is 5.18. The summed E-state index contributed by atoms with van der Waals surface area (Å²) in [5.74, 6) is -1.62. The van der Waals surface area contributed by atoms with Gasteiger partial charge in [-0.05, 0) is 55.5 Å². The molecule has 1 heterocycles. The Morgan fingerprint density at radius 3 is 2.35 bits per heavy atom. The molecule has 0 spiro atoms. The number of hydrogen-bond acceptors (Lipinski definition) is 4. The van der Waals surface area contributed by atoms with Gasteiger partial charge in [-0.15, -0.1) is 0 Å². The van der Waals surface area contributed by atoms with Crippen LogP contribution in [-0.2, 0) is 9.59 Å². The number of nitrogens with zero attached hydrogens (tertiary/aromatic N) is 2. The number of hydrogen-bond donors (Lipinski definition) is 1. The number of rotatable bonds is 6. The van der Waals surface area contributed by atoms with Crippen molar-refractivity contribution >= 4 is 69.6 Å². The summed E-state index contributed by atoms with van der Waals surface area (Å²) in [6.45, 7) is 2.36. The SMILES string of the molecule is CCN(C(=O)c1cccc(NC2=C(Cl)C(=O)N(c3cc(Cl)ccc3Cl)C2=O)c1)c1ccccc1. The van der Waals surface area contributed by atoms with Gasteiger partial charge < -0.3 is 10.2 Å². The Hall–Kier alpha value is -3.32. The molecule has 3 aromatic carbocycles. The van der Waals surface area contributed by atoms with Gasteiger partial charge in [-0.1, -0.05) is 59.1 Å². The molecule has 4 rings (SSSR count). The van der Waals surface area contributed by atoms with E-state index < -0.39 is 11.8 Å². The van der Waals surface area contributed by atoms with Gasteiger partial charge in [-0.3, -0.25) is 14.4 Å². The lowest BCUT2D eigenvalue weighted by Gasteiger charge is -2.21. The number of carbonyl (C=O) groups is 3. The molecule has 0 atom stereocenters. The van der Waals surface area contributed by atoms with Crippen LogP contribution in [0.2, 0.25) is 10.0 Å². The van der Waals surface area contributed by atoms with E-state index in [0.29, 0.717) is 22.8 Å². The molecule has 3 amide bonds. The van der Waals surface area contributed by atoms with Crippen LogP contribution in [0.25, 0.3) is 0 Å². The van der Waals surface area contributed by atoms with Crippen LogP contribution in [0.5, 0.6) is 0 Å². The molecule has 9 heteroatoms. The zero-order valence-corrected chi connectivity index (χ0v) is 20.2. The lowest BCUT2D eigenvalue weighted by atomic mass is 10.1. The molecule has 1 N–H and O–H groups in total. The highest BCUT2D eigenvalue weighted by Crippen LogP contribution is 2.36. The highest BCUT2D eigenvalue weighted by Gasteiger charge is 2.40. The van der Waals surface area contributed by atoms with Gasteiger partial charge in [0, 0.05) is 28.5 Å². The van der Waals surface area contributed by atoms with Crippen molar-refractivity contribution in [3.8, 4) is 0 Å². The number of amides is 3. The summed E-state index contributed by atoms with van der Waals surface area (Å²) < 4.78 is 0. The molecule has 6 nitrogen and oxygen atoms in total. The maximum absolute atomic E-state index is 13.2. The summed E-state index contributed by atoms with van der Waals surface area (Å²) in [5, 5.41) is 3.07. The van der Waals surface area contributed by atoms with Gasteiger partial charge in [0.1, 0.15) is 10.7 Å². The summed E-state index contributed by atoms with van der Waals surface area (Å²) in [4.78, 5) is 41.5. The van der Waals surface area contributed by atoms with Crippen molar-refractivity contribution in [1.82, 2.24) is 0 Å². The topological polar surface area (TPSA) is 69.7 Å². The fourth-order valence-electron chi connectivity index (χ4n) is 3.57. The third-order valence-corrected chi connectivity index (χ3v) is 6.09. The second kappa shape index (κ2) is 9.89. The fraction of sp³-hybridized carbons (Fsp3) is 0.0800. The molecule has 0 saturated carbocycles. The van der Waals surface area contributed by atoms with Gasteiger partial charge in [-0.2, -0.15) is 0 Å². The highest BCUT2D eigenvalue weighted by molar-refractivity contribution is 6.54. The van der Waals surface area contributed by atoms with E-state index in [1.165, 1.54) is 12.1 Å². The molecule has 0 radical (unpaired) electrons. The van der Waals surface area contributed by atoms with Crippen LogP contribution in [0.4, 0.5) is 17.1 Å². The number of imide groups is 1. The summed E-state index contributed by atoms with van der Waals surface area (Å²) >= 11 is 18.4. The van der Waals surface area contributed by atoms with Gasteiger partial charge in [0.15, 0.2) is 0 Å². The van der Waals surface area contributed by atoms with Crippen LogP contribution in [0.1, 0.15) is 17.3 Å². The van der Waals surface area contributed by atoms with Crippen LogP contribution >= 0.6 is 34.8 Å². The van der Waals surface area contributed by atoms with Gasteiger partial charge in [0.25, 0.3) is 17.7 Å². The number of nitrogens with one attached hydrogen (secondary N) is 1. The molecule has 1 aliphatic rings. The molecule has 0 aromatic heterocycles. The van der Waals surface area contributed by atoms with E-state index in [2.05, 4.69) is 5.32 Å². The van der Waals surface area contributed by atoms with Crippen molar-refractivity contribution in [2.45, 2.75) is 6.92 Å². The monoisotopic (exact) mass is 513 g/mol. The van der Waals surface area contributed by atoms with Gasteiger partial charge in [0.05, 0.1) is 10.7 Å². The molecule has 3 aromatic rings. The zero-order chi connectivity index (χ0) is 24.4. The molecule has 0 fully saturated rings. The molecule has 0 aliphatic carbocycles. The summed E-state index contributed by atoms with van der Waals surface area (Å²) in [6, 6.07) is 20.4. The maximum Gasteiger partial charge on any atom is 0.283 e. The fourth-order valence-corrected chi connectivity index (χ4v) is 4.15. The Labute approximate surface area is 211 Å². The van der Waals surface area contributed by atoms with E-state index in [0.717, 1.165) is 10.6 Å². The standard InChI is InChI=1S/C25H18Cl3N3O3/c1-2-30(18-9-4-3-5-10-18)23(32)15-7-6-8-17(13-15)29-22-21(28)24(33)31(25(22)34)20-14-16(26)11-12-19(20)27/h3-14,29H,2H2,1H3. The van der Waals surface area contributed by atoms with E-state index in [1.807, 2.05) is 37.3 Å². The van der Waals surface area contributed by atoms with E-state index >= 15 is 0 Å². The van der Waals surface area contributed by atoms with Crippen LogP contribution in [0.3, 0.4) is 0 Å². The molecule has 1 aliphatic heterocycles. The Kier molecular flexibility index (Phi) is 6.93. The molecule has 34 heavy (non-hydrogen) atoms. The van der Waals surface area contributed by atoms with Crippen molar-refractivity contribution < 1.29 is 14.4 Å². The van der Waals surface area contributed by atoms with Crippen LogP contribution < -0.4 is 15.1 Å². The Morgan fingerprint density at radius 1 is 0.912 bits per heavy atom. The van der Waals surface area contributed by atoms with Gasteiger partial charge >= 0.3 is 0 Å². The predicted molar refractivity (Wildman–Crippen MR) is 136 cm³/mol. The molecular formula is C25H18Cl3N3O3. The number of benzene rings is 3. The summed E-state index contributed by atoms with van der Waals surface area (Å²) in [6.07, 6.45) is 0. The van der Waals surface area contributed by atoms with E-state index in [9.17, 15) is 14.4 Å². The van der Waals surface area contributed by atoms with Crippen molar-refractivity contribution in [3.63, 3.8) is 0 Å². The molecular weight excluding hydrogens is 497 g/mol. The second-order valence-corrected chi connectivity index (χ2v) is 8.54. The molecule has 172 valence electrons. The number of para-hydroxylation sites is 1. The predicted octanol–water partition coefficient (Wildman–Crippen LogP) is 6.10. The van der Waals surface area contributed by atoms with Crippen LogP contribution in [0, 0.1) is 0 Å². The second-order valence-electron chi connectivity index (χ2n) is 7.32. The minimum atomic E-state index is -0.730. The number of halogens is 3. The number of anilines is 3. The Bertz CT molecular complexity index is 1330. The van der Waals surface area contributed by atoms with Gasteiger partial charge in [-0.25, -0.2) is 4.90 Å². The minimum Gasteiger partial charge on any atom is -0.350 e. The van der Waals surface area contributed by atoms with Crippen LogP contribution in [0.15, 0.2) is 83.5 Å². The Morgan fingerprint density at radius 2 is 1.65 bits per heavy atom. The largest absolute Gasteiger partial charge is 0.350 e. The zero-order valence-electron chi connectivity index (χ0n) is 17.9. The summed E-state index contributed by atoms with van der Waals surface area (Å²) in [7, 11) is 0. The Balaban J connectivity index is 1.60. The quantitative estimate of drug-likeness (QED) is 0.404. The lowest BCUT2D eigenvalue weighted by Crippen LogP contribution is -2.32. The third kappa shape index (κ3) is 4.53.